The van der Waals surface area contributed by atoms with E-state index in [9.17, 15) is 43.2 Å². The Kier molecular flexibility index (Phi) is 41.6. The van der Waals surface area contributed by atoms with Crippen LogP contribution in [0.5, 0.6) is 0 Å². The van der Waals surface area contributed by atoms with Crippen molar-refractivity contribution < 1.29 is 70.4 Å². The molecule has 0 spiro atoms. The molecule has 0 aliphatic carbocycles. The van der Waals surface area contributed by atoms with E-state index >= 15 is 0 Å². The third kappa shape index (κ3) is 41.8. The SMILES string of the molecule is COCCOC(=O)N(CCNC(=O)CCCCCNC(=O)CSCCCCCCOP(=O)(O)OP=N)CCNC(=O)CCCCCNC(=O)CSCCCCCCO[PH](O)(O)OP=N. The number of rotatable bonds is 45. The van der Waals surface area contributed by atoms with Gasteiger partial charge in [-0.1, -0.05) is 25.7 Å². The van der Waals surface area contributed by atoms with Crippen LogP contribution in [-0.2, 0) is 50.9 Å². The van der Waals surface area contributed by atoms with Gasteiger partial charge in [0.2, 0.25) is 17.7 Å². The average Bonchev–Trinajstić information content (AvgIpc) is 3.24. The second-order valence-electron chi connectivity index (χ2n) is 14.1. The second-order valence-corrected chi connectivity index (χ2v) is 20.6. The van der Waals surface area contributed by atoms with Crippen LogP contribution in [0.15, 0.2) is 0 Å². The molecule has 374 valence electrons. The molecule has 64 heavy (non-hydrogen) atoms. The van der Waals surface area contributed by atoms with Crippen LogP contribution in [-0.4, -0.2) is 145 Å². The fourth-order valence-corrected chi connectivity index (χ4v) is 9.10. The monoisotopic (exact) mass is 1030 g/mol. The van der Waals surface area contributed by atoms with Gasteiger partial charge in [-0.05, 0) is 44.3 Å². The summed E-state index contributed by atoms with van der Waals surface area (Å²) >= 11 is 3.09. The van der Waals surface area contributed by atoms with E-state index in [0.29, 0.717) is 63.1 Å². The normalized spacial score (nSPS) is 12.7. The Bertz CT molecular complexity index is 1360. The quantitative estimate of drug-likeness (QED) is 0.0247. The van der Waals surface area contributed by atoms with Crippen LogP contribution in [0.4, 0.5) is 4.79 Å². The van der Waals surface area contributed by atoms with Crippen LogP contribution in [0, 0.1) is 10.3 Å². The summed E-state index contributed by atoms with van der Waals surface area (Å²) in [5.41, 5.74) is 0. The number of amides is 5. The number of ether oxygens (including phenoxy) is 2. The van der Waals surface area contributed by atoms with E-state index in [4.69, 9.17) is 28.8 Å². The van der Waals surface area contributed by atoms with Crippen LogP contribution < -0.4 is 21.3 Å². The zero-order valence-corrected chi connectivity index (χ0v) is 42.4. The maximum absolute atomic E-state index is 12.7. The van der Waals surface area contributed by atoms with E-state index in [0.717, 1.165) is 75.7 Å². The number of nitrogens with zero attached hydrogens (tertiary/aromatic N) is 1. The van der Waals surface area contributed by atoms with Gasteiger partial charge < -0.3 is 35.2 Å². The summed E-state index contributed by atoms with van der Waals surface area (Å²) in [7, 11) is -7.54. The Hall–Kier alpha value is -1.61. The van der Waals surface area contributed by atoms with Crippen molar-refractivity contribution in [1.29, 1.82) is 10.3 Å². The molecular formula is C36H73N7O15P4S2. The number of methoxy groups -OCH3 is 1. The fraction of sp³-hybridized carbons (Fsp3) is 0.861. The Labute approximate surface area is 390 Å². The summed E-state index contributed by atoms with van der Waals surface area (Å²) in [6.07, 6.45) is 10.9. The molecule has 0 aliphatic heterocycles. The van der Waals surface area contributed by atoms with Crippen molar-refractivity contribution in [2.45, 2.75) is 103 Å². The van der Waals surface area contributed by atoms with E-state index in [2.05, 4.69) is 29.9 Å². The number of nitrogens with one attached hydrogen (secondary N) is 6. The average molecular weight is 1030 g/mol. The molecular weight excluding hydrogens is 958 g/mol. The minimum atomic E-state index is -4.16. The molecule has 22 nitrogen and oxygen atoms in total. The van der Waals surface area contributed by atoms with E-state index in [-0.39, 0.29) is 84.8 Å². The fourth-order valence-electron chi connectivity index (χ4n) is 5.36. The van der Waals surface area contributed by atoms with Crippen molar-refractivity contribution in [3.05, 3.63) is 0 Å². The first-order chi connectivity index (χ1) is 30.7. The molecule has 0 aliphatic rings. The number of hydrogen-bond acceptors (Lipinski definition) is 18. The zero-order valence-electron chi connectivity index (χ0n) is 37.1. The van der Waals surface area contributed by atoms with Crippen molar-refractivity contribution in [2.24, 2.45) is 0 Å². The number of carbonyl (C=O) groups excluding carboxylic acids is 5. The first kappa shape index (κ1) is 62.4. The molecule has 0 aromatic carbocycles. The van der Waals surface area contributed by atoms with Crippen LogP contribution >= 0.6 is 56.7 Å². The van der Waals surface area contributed by atoms with Crippen LogP contribution in [0.1, 0.15) is 103 Å². The number of phosphoric ester groups is 1. The molecule has 0 bridgehead atoms. The first-order valence-corrected chi connectivity index (χ1v) is 28.7. The number of carbonyl (C=O) groups is 5. The molecule has 0 fully saturated rings. The number of unbranched alkanes of at least 4 members (excludes halogenated alkanes) is 10. The Morgan fingerprint density at radius 1 is 0.625 bits per heavy atom. The number of thioether (sulfide) groups is 2. The zero-order chi connectivity index (χ0) is 47.6. The van der Waals surface area contributed by atoms with Crippen molar-refractivity contribution in [3.8, 4) is 0 Å². The predicted molar refractivity (Wildman–Crippen MR) is 251 cm³/mol. The molecule has 9 N–H and O–H groups in total. The topological polar surface area (TPSA) is 318 Å². The van der Waals surface area contributed by atoms with E-state index in [1.54, 1.807) is 11.8 Å². The Morgan fingerprint density at radius 2 is 1.11 bits per heavy atom. The molecule has 28 heteroatoms. The van der Waals surface area contributed by atoms with Crippen molar-refractivity contribution in [1.82, 2.24) is 26.2 Å². The molecule has 0 rings (SSSR count). The van der Waals surface area contributed by atoms with Crippen molar-refractivity contribution >= 4 is 86.4 Å². The summed E-state index contributed by atoms with van der Waals surface area (Å²) in [6.45, 7) is 2.38. The van der Waals surface area contributed by atoms with Gasteiger partial charge in [0.25, 0.3) is 0 Å². The summed E-state index contributed by atoms with van der Waals surface area (Å²) in [6, 6.07) is 0. The van der Waals surface area contributed by atoms with Crippen LogP contribution in [0.3, 0.4) is 0 Å². The van der Waals surface area contributed by atoms with Crippen molar-refractivity contribution in [2.75, 3.05) is 95.8 Å². The summed E-state index contributed by atoms with van der Waals surface area (Å²) in [5.74, 6) is 1.99. The number of hydrogen-bond donors (Lipinski definition) is 9. The molecule has 0 saturated carbocycles. The Balaban J connectivity index is 4.02. The summed E-state index contributed by atoms with van der Waals surface area (Å²) in [5, 5.41) is 25.0. The third-order valence-corrected chi connectivity index (χ3v) is 14.3. The van der Waals surface area contributed by atoms with Gasteiger partial charge >= 0.3 is 133 Å². The molecule has 0 aromatic heterocycles. The first-order valence-electron chi connectivity index (χ1n) is 21.5. The van der Waals surface area contributed by atoms with Gasteiger partial charge in [0.15, 0.2) is 8.60 Å². The van der Waals surface area contributed by atoms with Gasteiger partial charge in [-0.2, -0.15) is 11.8 Å². The van der Waals surface area contributed by atoms with Gasteiger partial charge in [-0.15, -0.1) is 0 Å². The van der Waals surface area contributed by atoms with Gasteiger partial charge in [0.1, 0.15) is 6.61 Å². The van der Waals surface area contributed by atoms with Gasteiger partial charge in [-0.25, -0.2) is 13.7 Å². The van der Waals surface area contributed by atoms with E-state index in [1.807, 2.05) is 0 Å². The molecule has 1 unspecified atom stereocenters. The van der Waals surface area contributed by atoms with E-state index in [1.165, 1.54) is 23.8 Å². The predicted octanol–water partition coefficient (Wildman–Crippen LogP) is 6.05. The second kappa shape index (κ2) is 42.7. The molecule has 0 aromatic rings. The molecule has 0 saturated heterocycles. The standard InChI is InChI=1S/C36H73N7O15P4S2/c1-53-26-27-54-36(48)43(22-20-41-32(44)16-8-6-10-18-39-34(46)30-63-28-14-4-2-12-24-55-61(49,50)57-59-37)23-21-42-33(45)17-9-7-11-19-40-35(47)31-64-29-15-5-3-13-25-56-62(51,52)58-60-38/h37-38,49-50,61H,2-31H2,1H3,(H,39,46)(H,40,47)(H,41,44)(H,42,45)(H,51,52). The summed E-state index contributed by atoms with van der Waals surface area (Å²) < 4.78 is 39.8. The molecule has 5 amide bonds. The number of phosphoric acid groups is 1. The third-order valence-electron chi connectivity index (χ3n) is 8.67. The molecule has 1 atom stereocenters. The van der Waals surface area contributed by atoms with E-state index < -0.39 is 30.7 Å². The van der Waals surface area contributed by atoms with Crippen LogP contribution in [0.2, 0.25) is 0 Å². The molecule has 0 radical (unpaired) electrons. The maximum atomic E-state index is 12.7. The summed E-state index contributed by atoms with van der Waals surface area (Å²) in [4.78, 5) is 91.1. The van der Waals surface area contributed by atoms with Crippen molar-refractivity contribution in [3.63, 3.8) is 0 Å². The van der Waals surface area contributed by atoms with Gasteiger partial charge in [0.05, 0.1) is 19.0 Å². The minimum absolute atomic E-state index is 0.0374. The molecule has 0 heterocycles. The Morgan fingerprint density at radius 3 is 1.61 bits per heavy atom. The van der Waals surface area contributed by atoms with Gasteiger partial charge in [-0.3, -0.25) is 24.1 Å². The van der Waals surface area contributed by atoms with Gasteiger partial charge in [0, 0.05) is 52.7 Å². The van der Waals surface area contributed by atoms with Crippen LogP contribution in [0.25, 0.3) is 0 Å².